The van der Waals surface area contributed by atoms with Crippen LogP contribution in [0.15, 0.2) is 24.3 Å². The Labute approximate surface area is 123 Å². The molecule has 0 unspecified atom stereocenters. The Morgan fingerprint density at radius 1 is 1.29 bits per heavy atom. The SMILES string of the molecule is CCCC(=O)N1C(=O)[C@H]2CCCN2C(=O)c2ccccc21. The molecule has 3 amide bonds. The van der Waals surface area contributed by atoms with Gasteiger partial charge in [0.25, 0.3) is 11.8 Å². The molecule has 0 spiro atoms. The molecule has 2 aliphatic rings. The van der Waals surface area contributed by atoms with Crippen LogP contribution in [0.4, 0.5) is 5.69 Å². The maximum atomic E-state index is 12.8. The van der Waals surface area contributed by atoms with Gasteiger partial charge in [0.15, 0.2) is 0 Å². The average molecular weight is 286 g/mol. The molecule has 0 aromatic heterocycles. The Balaban J connectivity index is 2.13. The van der Waals surface area contributed by atoms with E-state index in [4.69, 9.17) is 0 Å². The summed E-state index contributed by atoms with van der Waals surface area (Å²) in [5.41, 5.74) is 0.875. The molecule has 1 atom stereocenters. The van der Waals surface area contributed by atoms with E-state index in [0.29, 0.717) is 37.1 Å². The number of para-hydroxylation sites is 1. The van der Waals surface area contributed by atoms with Crippen LogP contribution in [-0.2, 0) is 9.59 Å². The fraction of sp³-hybridized carbons (Fsp3) is 0.438. The van der Waals surface area contributed by atoms with Crippen LogP contribution in [0.1, 0.15) is 43.0 Å². The molecule has 0 N–H and O–H groups in total. The number of fused-ring (bicyclic) bond motifs is 2. The van der Waals surface area contributed by atoms with Crippen molar-refractivity contribution in [2.75, 3.05) is 11.4 Å². The second-order valence-electron chi connectivity index (χ2n) is 5.49. The van der Waals surface area contributed by atoms with Gasteiger partial charge in [-0.05, 0) is 31.4 Å². The van der Waals surface area contributed by atoms with Gasteiger partial charge in [0, 0.05) is 13.0 Å². The highest BCUT2D eigenvalue weighted by Gasteiger charge is 2.43. The number of carbonyl (C=O) groups excluding carboxylic acids is 3. The lowest BCUT2D eigenvalue weighted by Gasteiger charge is -2.24. The summed E-state index contributed by atoms with van der Waals surface area (Å²) in [6.45, 7) is 2.48. The standard InChI is InChI=1S/C16H18N2O3/c1-2-6-14(19)18-12-8-4-3-7-11(12)15(20)17-10-5-9-13(17)16(18)21/h3-4,7-8,13H,2,5-6,9-10H2,1H3/t13-/m1/s1. The Hall–Kier alpha value is -2.17. The lowest BCUT2D eigenvalue weighted by molar-refractivity contribution is -0.128. The molecule has 2 aliphatic heterocycles. The first-order valence-corrected chi connectivity index (χ1v) is 7.42. The van der Waals surface area contributed by atoms with Gasteiger partial charge in [-0.3, -0.25) is 14.4 Å². The van der Waals surface area contributed by atoms with E-state index in [1.54, 1.807) is 29.2 Å². The smallest absolute Gasteiger partial charge is 0.256 e. The second kappa shape index (κ2) is 5.31. The first-order valence-electron chi connectivity index (χ1n) is 7.42. The van der Waals surface area contributed by atoms with E-state index in [-0.39, 0.29) is 17.7 Å². The van der Waals surface area contributed by atoms with Crippen molar-refractivity contribution in [3.8, 4) is 0 Å². The normalized spacial score (nSPS) is 21.1. The topological polar surface area (TPSA) is 57.7 Å². The number of carbonyl (C=O) groups is 3. The van der Waals surface area contributed by atoms with Crippen molar-refractivity contribution < 1.29 is 14.4 Å². The van der Waals surface area contributed by atoms with Gasteiger partial charge in [-0.1, -0.05) is 19.1 Å². The van der Waals surface area contributed by atoms with Crippen LogP contribution in [-0.4, -0.2) is 35.2 Å². The molecular formula is C16H18N2O3. The molecule has 1 saturated heterocycles. The number of benzene rings is 1. The Bertz CT molecular complexity index is 611. The zero-order chi connectivity index (χ0) is 15.0. The van der Waals surface area contributed by atoms with Crippen molar-refractivity contribution >= 4 is 23.4 Å². The van der Waals surface area contributed by atoms with Gasteiger partial charge < -0.3 is 4.90 Å². The van der Waals surface area contributed by atoms with Gasteiger partial charge in [0.1, 0.15) is 6.04 Å². The summed E-state index contributed by atoms with van der Waals surface area (Å²) < 4.78 is 0. The highest BCUT2D eigenvalue weighted by Crippen LogP contribution is 2.32. The minimum absolute atomic E-state index is 0.145. The maximum Gasteiger partial charge on any atom is 0.256 e. The van der Waals surface area contributed by atoms with Crippen LogP contribution in [0.3, 0.4) is 0 Å². The Morgan fingerprint density at radius 2 is 2.05 bits per heavy atom. The summed E-state index contributed by atoms with van der Waals surface area (Å²) in [6, 6.07) is 6.40. The van der Waals surface area contributed by atoms with Crippen molar-refractivity contribution in [2.24, 2.45) is 0 Å². The molecule has 5 heteroatoms. The fourth-order valence-corrected chi connectivity index (χ4v) is 3.12. The number of amides is 3. The monoisotopic (exact) mass is 286 g/mol. The van der Waals surface area contributed by atoms with Crippen molar-refractivity contribution in [2.45, 2.75) is 38.6 Å². The van der Waals surface area contributed by atoms with Gasteiger partial charge >= 0.3 is 0 Å². The molecule has 0 aliphatic carbocycles. The fourth-order valence-electron chi connectivity index (χ4n) is 3.12. The molecule has 1 aromatic carbocycles. The first-order chi connectivity index (χ1) is 10.1. The molecule has 3 rings (SSSR count). The van der Waals surface area contributed by atoms with Crippen LogP contribution < -0.4 is 4.90 Å². The minimum atomic E-state index is -0.495. The molecule has 2 heterocycles. The molecule has 21 heavy (non-hydrogen) atoms. The van der Waals surface area contributed by atoms with Crippen LogP contribution in [0.5, 0.6) is 0 Å². The average Bonchev–Trinajstić information content (AvgIpc) is 2.94. The molecule has 1 aromatic rings. The predicted octanol–water partition coefficient (Wildman–Crippen LogP) is 1.96. The molecule has 1 fully saturated rings. The van der Waals surface area contributed by atoms with E-state index in [0.717, 1.165) is 6.42 Å². The van der Waals surface area contributed by atoms with Gasteiger partial charge in [-0.25, -0.2) is 4.90 Å². The summed E-state index contributed by atoms with van der Waals surface area (Å²) in [6.07, 6.45) is 2.42. The molecule has 5 nitrogen and oxygen atoms in total. The number of hydrogen-bond donors (Lipinski definition) is 0. The summed E-state index contributed by atoms with van der Waals surface area (Å²) in [7, 11) is 0. The first kappa shape index (κ1) is 13.8. The maximum absolute atomic E-state index is 12.8. The quantitative estimate of drug-likeness (QED) is 0.835. The Morgan fingerprint density at radius 3 is 2.81 bits per heavy atom. The van der Waals surface area contributed by atoms with E-state index >= 15 is 0 Å². The van der Waals surface area contributed by atoms with Crippen molar-refractivity contribution in [3.63, 3.8) is 0 Å². The minimum Gasteiger partial charge on any atom is -0.327 e. The zero-order valence-electron chi connectivity index (χ0n) is 12.0. The van der Waals surface area contributed by atoms with Crippen LogP contribution in [0, 0.1) is 0 Å². The van der Waals surface area contributed by atoms with Crippen molar-refractivity contribution in [3.05, 3.63) is 29.8 Å². The summed E-state index contributed by atoms with van der Waals surface area (Å²) in [4.78, 5) is 40.6. The number of anilines is 1. The lowest BCUT2D eigenvalue weighted by atomic mass is 10.1. The summed E-state index contributed by atoms with van der Waals surface area (Å²) >= 11 is 0. The number of nitrogens with zero attached hydrogens (tertiary/aromatic N) is 2. The number of hydrogen-bond acceptors (Lipinski definition) is 3. The van der Waals surface area contributed by atoms with Crippen molar-refractivity contribution in [1.29, 1.82) is 0 Å². The Kier molecular flexibility index (Phi) is 3.49. The van der Waals surface area contributed by atoms with E-state index in [1.807, 2.05) is 6.92 Å². The van der Waals surface area contributed by atoms with Gasteiger partial charge in [-0.15, -0.1) is 0 Å². The lowest BCUT2D eigenvalue weighted by Crippen LogP contribution is -2.47. The molecular weight excluding hydrogens is 268 g/mol. The van der Waals surface area contributed by atoms with Gasteiger partial charge in [0.2, 0.25) is 5.91 Å². The van der Waals surface area contributed by atoms with E-state index in [9.17, 15) is 14.4 Å². The van der Waals surface area contributed by atoms with Gasteiger partial charge in [-0.2, -0.15) is 0 Å². The van der Waals surface area contributed by atoms with Crippen LogP contribution in [0.2, 0.25) is 0 Å². The predicted molar refractivity (Wildman–Crippen MR) is 77.9 cm³/mol. The third kappa shape index (κ3) is 2.13. The molecule has 0 bridgehead atoms. The molecule has 0 saturated carbocycles. The van der Waals surface area contributed by atoms with E-state index in [1.165, 1.54) is 4.90 Å². The van der Waals surface area contributed by atoms with Crippen LogP contribution in [0.25, 0.3) is 0 Å². The largest absolute Gasteiger partial charge is 0.327 e. The highest BCUT2D eigenvalue weighted by atomic mass is 16.2. The molecule has 110 valence electrons. The molecule has 0 radical (unpaired) electrons. The number of imide groups is 1. The summed E-state index contributed by atoms with van der Waals surface area (Å²) in [5, 5.41) is 0. The third-order valence-corrected chi connectivity index (χ3v) is 4.11. The van der Waals surface area contributed by atoms with Crippen molar-refractivity contribution in [1.82, 2.24) is 4.90 Å². The van der Waals surface area contributed by atoms with Gasteiger partial charge in [0.05, 0.1) is 11.3 Å². The second-order valence-corrected chi connectivity index (χ2v) is 5.49. The zero-order valence-corrected chi connectivity index (χ0v) is 12.0. The van der Waals surface area contributed by atoms with Crippen LogP contribution >= 0.6 is 0 Å². The van der Waals surface area contributed by atoms with E-state index in [2.05, 4.69) is 0 Å². The van der Waals surface area contributed by atoms with E-state index < -0.39 is 6.04 Å². The number of rotatable bonds is 2. The summed E-state index contributed by atoms with van der Waals surface area (Å²) in [5.74, 6) is -0.631. The highest BCUT2D eigenvalue weighted by molar-refractivity contribution is 6.22. The third-order valence-electron chi connectivity index (χ3n) is 4.11.